The standard InChI is InChI=1S/C12H23NO2/c1-5-6-7-10(13-11(14)15)8-9-12(2,3)4/h8,13H,5-7,9H2,1-4H3,(H,14,15). The third-order valence-electron chi connectivity index (χ3n) is 2.03. The van der Waals surface area contributed by atoms with Crippen LogP contribution in [0.2, 0.25) is 0 Å². The molecule has 0 saturated heterocycles. The smallest absolute Gasteiger partial charge is 0.408 e. The highest BCUT2D eigenvalue weighted by molar-refractivity contribution is 5.66. The first-order valence-corrected chi connectivity index (χ1v) is 5.54. The summed E-state index contributed by atoms with van der Waals surface area (Å²) in [4.78, 5) is 10.5. The van der Waals surface area contributed by atoms with Crippen LogP contribution in [-0.2, 0) is 0 Å². The van der Waals surface area contributed by atoms with Crippen molar-refractivity contribution in [1.82, 2.24) is 5.32 Å². The summed E-state index contributed by atoms with van der Waals surface area (Å²) in [6.45, 7) is 8.52. The molecule has 15 heavy (non-hydrogen) atoms. The van der Waals surface area contributed by atoms with Gasteiger partial charge in [-0.2, -0.15) is 0 Å². The molecule has 2 N–H and O–H groups in total. The maximum atomic E-state index is 10.5. The van der Waals surface area contributed by atoms with Crippen LogP contribution < -0.4 is 5.32 Å². The third kappa shape index (κ3) is 9.32. The first-order chi connectivity index (χ1) is 6.85. The minimum atomic E-state index is -0.966. The second-order valence-electron chi connectivity index (χ2n) is 5.03. The number of nitrogens with one attached hydrogen (secondary N) is 1. The van der Waals surface area contributed by atoms with E-state index < -0.39 is 6.09 Å². The molecule has 0 saturated carbocycles. The highest BCUT2D eigenvalue weighted by Crippen LogP contribution is 2.20. The Bertz CT molecular complexity index is 226. The van der Waals surface area contributed by atoms with Crippen molar-refractivity contribution >= 4 is 6.09 Å². The van der Waals surface area contributed by atoms with Crippen molar-refractivity contribution in [3.8, 4) is 0 Å². The molecule has 0 fully saturated rings. The van der Waals surface area contributed by atoms with Crippen LogP contribution in [0, 0.1) is 5.41 Å². The zero-order chi connectivity index (χ0) is 11.9. The molecule has 0 spiro atoms. The van der Waals surface area contributed by atoms with E-state index in [9.17, 15) is 4.79 Å². The number of unbranched alkanes of at least 4 members (excludes halogenated alkanes) is 1. The fourth-order valence-electron chi connectivity index (χ4n) is 1.15. The van der Waals surface area contributed by atoms with Crippen molar-refractivity contribution in [2.75, 3.05) is 0 Å². The van der Waals surface area contributed by atoms with Gasteiger partial charge in [-0.1, -0.05) is 40.2 Å². The molecule has 0 aromatic carbocycles. The maximum absolute atomic E-state index is 10.5. The molecule has 0 aliphatic heterocycles. The molecule has 0 aromatic rings. The number of hydrogen-bond donors (Lipinski definition) is 2. The molecule has 0 aliphatic rings. The van der Waals surface area contributed by atoms with E-state index in [1.165, 1.54) is 0 Å². The second kappa shape index (κ2) is 6.49. The van der Waals surface area contributed by atoms with Crippen LogP contribution in [0.15, 0.2) is 11.8 Å². The lowest BCUT2D eigenvalue weighted by molar-refractivity contribution is 0.197. The van der Waals surface area contributed by atoms with Gasteiger partial charge in [0.25, 0.3) is 0 Å². The Kier molecular flexibility index (Phi) is 6.06. The normalized spacial score (nSPS) is 12.7. The van der Waals surface area contributed by atoms with Gasteiger partial charge in [0.15, 0.2) is 0 Å². The molecule has 0 unspecified atom stereocenters. The summed E-state index contributed by atoms with van der Waals surface area (Å²) in [5.74, 6) is 0. The summed E-state index contributed by atoms with van der Waals surface area (Å²) in [6.07, 6.45) is 4.85. The topological polar surface area (TPSA) is 49.3 Å². The fraction of sp³-hybridized carbons (Fsp3) is 0.750. The van der Waals surface area contributed by atoms with E-state index in [2.05, 4.69) is 33.0 Å². The average Bonchev–Trinajstić information content (AvgIpc) is 2.07. The van der Waals surface area contributed by atoms with Crippen LogP contribution in [0.25, 0.3) is 0 Å². The van der Waals surface area contributed by atoms with Gasteiger partial charge in [0, 0.05) is 5.70 Å². The van der Waals surface area contributed by atoms with Gasteiger partial charge in [-0.05, 0) is 24.7 Å². The lowest BCUT2D eigenvalue weighted by Crippen LogP contribution is -2.20. The van der Waals surface area contributed by atoms with Gasteiger partial charge in [0.05, 0.1) is 0 Å². The van der Waals surface area contributed by atoms with Gasteiger partial charge in [-0.3, -0.25) is 5.32 Å². The fourth-order valence-corrected chi connectivity index (χ4v) is 1.15. The number of carbonyl (C=O) groups is 1. The van der Waals surface area contributed by atoms with Gasteiger partial charge >= 0.3 is 6.09 Å². The van der Waals surface area contributed by atoms with Crippen molar-refractivity contribution in [3.05, 3.63) is 11.8 Å². The van der Waals surface area contributed by atoms with Crippen LogP contribution in [0.3, 0.4) is 0 Å². The van der Waals surface area contributed by atoms with E-state index in [1.54, 1.807) is 0 Å². The Morgan fingerprint density at radius 1 is 1.40 bits per heavy atom. The highest BCUT2D eigenvalue weighted by Gasteiger charge is 2.09. The number of amides is 1. The third-order valence-corrected chi connectivity index (χ3v) is 2.03. The predicted octanol–water partition coefficient (Wildman–Crippen LogP) is 3.76. The quantitative estimate of drug-likeness (QED) is 0.730. The minimum Gasteiger partial charge on any atom is -0.465 e. The van der Waals surface area contributed by atoms with Gasteiger partial charge in [-0.15, -0.1) is 0 Å². The number of hydrogen-bond acceptors (Lipinski definition) is 1. The first kappa shape index (κ1) is 14.0. The van der Waals surface area contributed by atoms with E-state index in [0.717, 1.165) is 31.4 Å². The highest BCUT2D eigenvalue weighted by atomic mass is 16.4. The molecule has 0 aliphatic carbocycles. The lowest BCUT2D eigenvalue weighted by Gasteiger charge is -2.16. The summed E-state index contributed by atoms with van der Waals surface area (Å²) in [6, 6.07) is 0. The van der Waals surface area contributed by atoms with Crippen LogP contribution in [0.4, 0.5) is 4.79 Å². The molecule has 0 rings (SSSR count). The molecule has 88 valence electrons. The van der Waals surface area contributed by atoms with E-state index in [4.69, 9.17) is 5.11 Å². The molecule has 0 aromatic heterocycles. The van der Waals surface area contributed by atoms with Crippen LogP contribution in [0.5, 0.6) is 0 Å². The van der Waals surface area contributed by atoms with Gasteiger partial charge in [0.2, 0.25) is 0 Å². The zero-order valence-electron chi connectivity index (χ0n) is 10.3. The Labute approximate surface area is 92.6 Å². The SMILES string of the molecule is CCCCC(=CCC(C)(C)C)NC(=O)O. The summed E-state index contributed by atoms with van der Waals surface area (Å²) in [5.41, 5.74) is 1.04. The van der Waals surface area contributed by atoms with E-state index in [0.29, 0.717) is 0 Å². The molecule has 1 amide bonds. The zero-order valence-corrected chi connectivity index (χ0v) is 10.3. The molecular formula is C12H23NO2. The first-order valence-electron chi connectivity index (χ1n) is 5.54. The average molecular weight is 213 g/mol. The number of allylic oxidation sites excluding steroid dienone is 2. The van der Waals surface area contributed by atoms with Crippen molar-refractivity contribution in [2.24, 2.45) is 5.41 Å². The summed E-state index contributed by atoms with van der Waals surface area (Å²) < 4.78 is 0. The predicted molar refractivity (Wildman–Crippen MR) is 62.8 cm³/mol. The Balaban J connectivity index is 4.27. The van der Waals surface area contributed by atoms with E-state index in [1.807, 2.05) is 6.08 Å². The van der Waals surface area contributed by atoms with Gasteiger partial charge in [-0.25, -0.2) is 4.79 Å². The summed E-state index contributed by atoms with van der Waals surface area (Å²) in [7, 11) is 0. The Hall–Kier alpha value is -0.990. The van der Waals surface area contributed by atoms with Crippen molar-refractivity contribution in [1.29, 1.82) is 0 Å². The van der Waals surface area contributed by atoms with Crippen LogP contribution in [-0.4, -0.2) is 11.2 Å². The summed E-state index contributed by atoms with van der Waals surface area (Å²) >= 11 is 0. The minimum absolute atomic E-state index is 0.206. The summed E-state index contributed by atoms with van der Waals surface area (Å²) in [5, 5.41) is 11.1. The molecule has 0 heterocycles. The molecule has 3 heteroatoms. The molecule has 0 bridgehead atoms. The second-order valence-corrected chi connectivity index (χ2v) is 5.03. The van der Waals surface area contributed by atoms with E-state index >= 15 is 0 Å². The monoisotopic (exact) mass is 213 g/mol. The van der Waals surface area contributed by atoms with Crippen molar-refractivity contribution < 1.29 is 9.90 Å². The van der Waals surface area contributed by atoms with Gasteiger partial charge < -0.3 is 5.11 Å². The number of carboxylic acid groups (broad SMARTS) is 1. The lowest BCUT2D eigenvalue weighted by atomic mass is 9.91. The van der Waals surface area contributed by atoms with E-state index in [-0.39, 0.29) is 5.41 Å². The maximum Gasteiger partial charge on any atom is 0.408 e. The molecule has 0 radical (unpaired) electrons. The Morgan fingerprint density at radius 3 is 2.40 bits per heavy atom. The largest absolute Gasteiger partial charge is 0.465 e. The van der Waals surface area contributed by atoms with Crippen molar-refractivity contribution in [3.63, 3.8) is 0 Å². The number of rotatable bonds is 5. The molecule has 3 nitrogen and oxygen atoms in total. The van der Waals surface area contributed by atoms with Crippen LogP contribution >= 0.6 is 0 Å². The Morgan fingerprint density at radius 2 is 2.00 bits per heavy atom. The molecule has 0 atom stereocenters. The molecular weight excluding hydrogens is 190 g/mol. The van der Waals surface area contributed by atoms with Gasteiger partial charge in [0.1, 0.15) is 0 Å². The van der Waals surface area contributed by atoms with Crippen LogP contribution in [0.1, 0.15) is 53.4 Å². The van der Waals surface area contributed by atoms with Crippen molar-refractivity contribution in [2.45, 2.75) is 53.4 Å².